The number of nitrogens with two attached hydrogens (primary N) is 1. The van der Waals surface area contributed by atoms with E-state index in [1.165, 1.54) is 43.4 Å². The largest absolute Gasteiger partial charge is 0.496 e. The fourth-order valence-electron chi connectivity index (χ4n) is 5.83. The van der Waals surface area contributed by atoms with Gasteiger partial charge < -0.3 is 44.2 Å². The number of hydrogen-bond acceptors (Lipinski definition) is 15. The van der Waals surface area contributed by atoms with Crippen molar-refractivity contribution in [2.45, 2.75) is 92.4 Å². The van der Waals surface area contributed by atoms with Crippen molar-refractivity contribution in [3.05, 3.63) is 170 Å². The molecule has 0 saturated carbocycles. The van der Waals surface area contributed by atoms with Crippen LogP contribution in [0.3, 0.4) is 0 Å². The molecule has 0 aliphatic carbocycles. The number of unbranched alkanes of at least 4 members (excludes halogenated alkanes) is 7. The first-order valence-corrected chi connectivity index (χ1v) is 25.9. The van der Waals surface area contributed by atoms with Crippen molar-refractivity contribution in [3.8, 4) is 28.4 Å². The van der Waals surface area contributed by atoms with Gasteiger partial charge in [-0.2, -0.15) is 5.10 Å². The predicted octanol–water partition coefficient (Wildman–Crippen LogP) is 14.2. The molecule has 0 unspecified atom stereocenters. The fraction of sp³-hybridized carbons (Fsp3) is 0.323. The minimum atomic E-state index is 0.639. The van der Waals surface area contributed by atoms with E-state index in [9.17, 15) is 4.79 Å². The molecule has 0 aliphatic heterocycles. The van der Waals surface area contributed by atoms with E-state index < -0.39 is 0 Å². The second-order valence-corrected chi connectivity index (χ2v) is 14.8. The zero-order chi connectivity index (χ0) is 62.0. The lowest BCUT2D eigenvalue weighted by molar-refractivity contribution is -0.104. The van der Waals surface area contributed by atoms with Crippen LogP contribution in [0.5, 0.6) is 17.2 Å². The molecule has 3 N–H and O–H groups in total. The summed E-state index contributed by atoms with van der Waals surface area (Å²) >= 11 is 0. The number of hydrogen-bond donors (Lipinski definition) is 2. The Balaban J connectivity index is -0.000000247. The molecule has 0 aliphatic rings. The highest BCUT2D eigenvalue weighted by molar-refractivity contribution is 5.87. The highest BCUT2D eigenvalue weighted by Crippen LogP contribution is 2.28. The highest BCUT2D eigenvalue weighted by atomic mass is 16.5. The molecule has 5 aromatic carbocycles. The Hall–Kier alpha value is -8.40. The SMILES string of the molecule is C=CC=O.C=CC=O.C=CCCCCCCOc1ccc(C=O)cc1.C=Nc1ccccc1N.C=O.C=O.C=O.CC.CC.CO.COCCCCCCOc1ccc(-c2ccc(OC)c(/C=N/N(C)c3ccc(C)cc3)c2)cc1. The van der Waals surface area contributed by atoms with E-state index in [1.807, 2.05) is 121 Å². The molecule has 5 rings (SSSR count). The number of nitrogens with zero attached hydrogens (tertiary/aromatic N) is 3. The number of aryl methyl sites for hydroxylation is 1. The molecule has 0 heterocycles. The van der Waals surface area contributed by atoms with E-state index in [2.05, 4.69) is 92.0 Å². The van der Waals surface area contributed by atoms with Gasteiger partial charge in [0.05, 0.1) is 43.6 Å². The maximum absolute atomic E-state index is 10.5. The van der Waals surface area contributed by atoms with Gasteiger partial charge in [-0.05, 0) is 148 Å². The second-order valence-electron chi connectivity index (χ2n) is 14.8. The highest BCUT2D eigenvalue weighted by Gasteiger charge is 2.07. The van der Waals surface area contributed by atoms with Gasteiger partial charge in [0, 0.05) is 39.0 Å². The number of methoxy groups -OCH3 is 2. The lowest BCUT2D eigenvalue weighted by atomic mass is 10.0. The van der Waals surface area contributed by atoms with E-state index >= 15 is 0 Å². The predicted molar refractivity (Wildman–Crippen MR) is 337 cm³/mol. The van der Waals surface area contributed by atoms with Crippen molar-refractivity contribution in [1.82, 2.24) is 0 Å². The van der Waals surface area contributed by atoms with Crippen molar-refractivity contribution in [1.29, 1.82) is 0 Å². The summed E-state index contributed by atoms with van der Waals surface area (Å²) in [6.45, 7) is 31.7. The molecular weight excluding hydrogens is 1010 g/mol. The first-order valence-electron chi connectivity index (χ1n) is 25.9. The molecule has 0 radical (unpaired) electrons. The van der Waals surface area contributed by atoms with Crippen LogP contribution in [-0.2, 0) is 28.7 Å². The normalized spacial score (nSPS) is 8.68. The maximum Gasteiger partial charge on any atom is 0.150 e. The standard InChI is InChI=1S/C29H36N2O3.C15H20O2.C7H8N2.2C3H4O.2C2H6.CH4O.3CH2O/c1-23-9-14-27(15-10-23)31(2)30-22-26-21-25(13-18-29(26)33-4)24-11-16-28(17-12-24)34-20-8-6-5-7-19-32-3;1-2-3-4-5-6-7-12-17-15-10-8-14(13-16)9-11-15;1-9-7-5-3-2-4-6(7)8;2*1-2-3-4;6*1-2/h9-18,21-22H,5-8,19-20H2,1-4H3;2,8-11,13H,1,3-7,12H2;2-5H,1,8H2;2*2-3H,1H2;2*1-2H3;2H,1H3;3*1H2/b30-22+;;;;;;;;;;. The molecule has 80 heavy (non-hydrogen) atoms. The quantitative estimate of drug-likeness (QED) is 0.0106. The zero-order valence-electron chi connectivity index (χ0n) is 49.4. The zero-order valence-corrected chi connectivity index (χ0v) is 49.4. The average Bonchev–Trinajstić information content (AvgIpc) is 3.54. The molecule has 5 aromatic rings. The van der Waals surface area contributed by atoms with Crippen molar-refractivity contribution < 1.29 is 52.8 Å². The van der Waals surface area contributed by atoms with Crippen LogP contribution in [0.2, 0.25) is 0 Å². The van der Waals surface area contributed by atoms with Crippen LogP contribution >= 0.6 is 0 Å². The molecule has 0 bridgehead atoms. The Morgan fingerprint density at radius 1 is 0.600 bits per heavy atom. The van der Waals surface area contributed by atoms with Gasteiger partial charge in [-0.1, -0.05) is 114 Å². The van der Waals surface area contributed by atoms with Crippen LogP contribution in [0.1, 0.15) is 107 Å². The third-order valence-corrected chi connectivity index (χ3v) is 9.59. The summed E-state index contributed by atoms with van der Waals surface area (Å²) in [6.07, 6.45) is 18.7. The number of aldehydes is 3. The molecule has 15 nitrogen and oxygen atoms in total. The molecule has 0 fully saturated rings. The molecule has 0 amide bonds. The minimum absolute atomic E-state index is 0.639. The number of aliphatic hydroxyl groups is 1. The van der Waals surface area contributed by atoms with Crippen LogP contribution in [0.15, 0.2) is 163 Å². The van der Waals surface area contributed by atoms with E-state index in [1.54, 1.807) is 32.4 Å². The Labute approximate surface area is 480 Å². The van der Waals surface area contributed by atoms with Gasteiger partial charge in [-0.25, -0.2) is 0 Å². The van der Waals surface area contributed by atoms with Crippen molar-refractivity contribution >= 4 is 69.2 Å². The number of anilines is 2. The van der Waals surface area contributed by atoms with Crippen LogP contribution in [0.4, 0.5) is 17.1 Å². The van der Waals surface area contributed by atoms with Crippen LogP contribution in [0.25, 0.3) is 11.1 Å². The summed E-state index contributed by atoms with van der Waals surface area (Å²) in [4.78, 5) is 56.3. The van der Waals surface area contributed by atoms with Crippen LogP contribution < -0.4 is 25.0 Å². The number of carbonyl (C=O) groups excluding carboxylic acids is 6. The summed E-state index contributed by atoms with van der Waals surface area (Å²) in [5.41, 5.74) is 13.0. The number of rotatable bonds is 25. The second kappa shape index (κ2) is 66.7. The smallest absolute Gasteiger partial charge is 0.150 e. The summed E-state index contributed by atoms with van der Waals surface area (Å²) in [6, 6.07) is 37.2. The van der Waals surface area contributed by atoms with E-state index in [0.29, 0.717) is 23.8 Å². The van der Waals surface area contributed by atoms with Gasteiger partial charge >= 0.3 is 0 Å². The number of aliphatic hydroxyl groups excluding tert-OH is 1. The molecular formula is C65H94N4O11. The average molecular weight is 1110 g/mol. The lowest BCUT2D eigenvalue weighted by Crippen LogP contribution is -2.09. The van der Waals surface area contributed by atoms with Gasteiger partial charge in [0.1, 0.15) is 56.5 Å². The number of para-hydroxylation sites is 2. The Kier molecular flexibility index (Phi) is 69.2. The Morgan fingerprint density at radius 3 is 1.46 bits per heavy atom. The molecule has 0 aromatic heterocycles. The third-order valence-electron chi connectivity index (χ3n) is 9.59. The lowest BCUT2D eigenvalue weighted by Gasteiger charge is -2.14. The minimum Gasteiger partial charge on any atom is -0.496 e. The number of carbonyl (C=O) groups is 6. The summed E-state index contributed by atoms with van der Waals surface area (Å²) < 4.78 is 22.1. The Bertz CT molecular complexity index is 2230. The molecule has 15 heteroatoms. The van der Waals surface area contributed by atoms with Gasteiger partial charge in [0.2, 0.25) is 0 Å². The van der Waals surface area contributed by atoms with Crippen LogP contribution in [-0.4, -0.2) is 105 Å². The monoisotopic (exact) mass is 1110 g/mol. The number of allylic oxidation sites excluding steroid dienone is 3. The maximum atomic E-state index is 10.5. The first kappa shape index (κ1) is 82.9. The summed E-state index contributed by atoms with van der Waals surface area (Å²) in [5, 5.41) is 13.5. The van der Waals surface area contributed by atoms with Crippen molar-refractivity contribution in [2.75, 3.05) is 58.9 Å². The molecule has 440 valence electrons. The summed E-state index contributed by atoms with van der Waals surface area (Å²) in [5.74, 6) is 2.52. The fourth-order valence-corrected chi connectivity index (χ4v) is 5.83. The molecule has 0 atom stereocenters. The molecule has 0 spiro atoms. The van der Waals surface area contributed by atoms with Gasteiger partial charge in [0.15, 0.2) is 0 Å². The van der Waals surface area contributed by atoms with Crippen molar-refractivity contribution in [3.63, 3.8) is 0 Å². The molecule has 0 saturated heterocycles. The van der Waals surface area contributed by atoms with E-state index in [0.717, 1.165) is 111 Å². The number of nitrogen functional groups attached to an aromatic ring is 1. The number of hydrazone groups is 1. The van der Waals surface area contributed by atoms with E-state index in [-0.39, 0.29) is 0 Å². The van der Waals surface area contributed by atoms with Crippen LogP contribution in [0, 0.1) is 6.92 Å². The first-order chi connectivity index (χ1) is 39.1. The number of aliphatic imine (C=N–C) groups is 1. The Morgan fingerprint density at radius 2 is 1.05 bits per heavy atom. The van der Waals surface area contributed by atoms with Gasteiger partial charge in [-0.3, -0.25) is 24.4 Å². The number of ether oxygens (including phenoxy) is 4. The van der Waals surface area contributed by atoms with Crippen molar-refractivity contribution in [2.24, 2.45) is 10.1 Å². The topological polar surface area (TPSA) is 214 Å². The number of benzene rings is 5. The van der Waals surface area contributed by atoms with E-state index in [4.69, 9.17) is 53.8 Å². The third kappa shape index (κ3) is 45.8. The van der Waals surface area contributed by atoms with Gasteiger partial charge in [-0.15, -0.1) is 6.58 Å². The summed E-state index contributed by atoms with van der Waals surface area (Å²) in [7, 11) is 6.37. The van der Waals surface area contributed by atoms with Gasteiger partial charge in [0.25, 0.3) is 0 Å².